The van der Waals surface area contributed by atoms with Crippen LogP contribution in [0.15, 0.2) is 78.0 Å². The van der Waals surface area contributed by atoms with Crippen LogP contribution in [0, 0.1) is 6.92 Å². The van der Waals surface area contributed by atoms with Gasteiger partial charge in [-0.15, -0.1) is 5.10 Å². The van der Waals surface area contributed by atoms with E-state index in [4.69, 9.17) is 12.2 Å². The number of thiocarbonyl (C=S) groups is 1. The molecule has 2 heterocycles. The average Bonchev–Trinajstić information content (AvgIpc) is 3.63. The number of thioether (sulfide) groups is 1. The van der Waals surface area contributed by atoms with Crippen LogP contribution in [-0.2, 0) is 15.8 Å². The number of halogens is 3. The van der Waals surface area contributed by atoms with Gasteiger partial charge in [-0.05, 0) is 66.5 Å². The normalized spacial score (nSPS) is 15.0. The van der Waals surface area contributed by atoms with Crippen LogP contribution in [0.2, 0.25) is 0 Å². The molecule has 0 saturated carbocycles. The van der Waals surface area contributed by atoms with Crippen molar-refractivity contribution in [3.63, 3.8) is 0 Å². The number of amidine groups is 1. The molecule has 46 heavy (non-hydrogen) atoms. The first-order valence-electron chi connectivity index (χ1n) is 14.2. The molecule has 238 valence electrons. The fourth-order valence-corrected chi connectivity index (χ4v) is 5.95. The van der Waals surface area contributed by atoms with Crippen molar-refractivity contribution in [2.75, 3.05) is 10.7 Å². The van der Waals surface area contributed by atoms with E-state index in [1.54, 1.807) is 29.2 Å². The molecule has 2 amide bonds. The monoisotopic (exact) mass is 665 g/mol. The first-order chi connectivity index (χ1) is 21.8. The summed E-state index contributed by atoms with van der Waals surface area (Å²) >= 11 is 6.85. The summed E-state index contributed by atoms with van der Waals surface area (Å²) in [6, 6.07) is 17.6. The number of amides is 2. The second-order valence-electron chi connectivity index (χ2n) is 10.9. The van der Waals surface area contributed by atoms with Gasteiger partial charge in [-0.2, -0.15) is 18.2 Å². The van der Waals surface area contributed by atoms with Gasteiger partial charge in [0.25, 0.3) is 0 Å². The predicted octanol–water partition coefficient (Wildman–Crippen LogP) is 6.53. The molecule has 1 unspecified atom stereocenters. The van der Waals surface area contributed by atoms with E-state index >= 15 is 0 Å². The van der Waals surface area contributed by atoms with Crippen molar-refractivity contribution in [2.24, 2.45) is 4.99 Å². The molecular weight excluding hydrogens is 636 g/mol. The molecule has 14 heteroatoms. The topological polar surface area (TPSA) is 105 Å². The molecule has 5 rings (SSSR count). The molecule has 0 bridgehead atoms. The number of carbonyl (C=O) groups excluding carboxylic acids is 2. The Hall–Kier alpha value is -4.56. The molecule has 1 saturated heterocycles. The lowest BCUT2D eigenvalue weighted by Gasteiger charge is -2.23. The molecule has 1 atom stereocenters. The van der Waals surface area contributed by atoms with Gasteiger partial charge in [0.1, 0.15) is 12.5 Å². The highest BCUT2D eigenvalue weighted by Crippen LogP contribution is 2.34. The Kier molecular flexibility index (Phi) is 9.58. The number of hydrogen-bond acceptors (Lipinski definition) is 6. The first-order valence-corrected chi connectivity index (χ1v) is 15.6. The molecule has 2 N–H and O–H groups in total. The van der Waals surface area contributed by atoms with E-state index in [9.17, 15) is 22.8 Å². The molecule has 1 aliphatic rings. The van der Waals surface area contributed by atoms with Crippen LogP contribution < -0.4 is 15.5 Å². The van der Waals surface area contributed by atoms with Crippen molar-refractivity contribution >= 4 is 51.8 Å². The van der Waals surface area contributed by atoms with E-state index in [2.05, 4.69) is 45.6 Å². The fraction of sp³-hybridized carbons (Fsp3) is 0.250. The van der Waals surface area contributed by atoms with Crippen LogP contribution in [0.3, 0.4) is 0 Å². The summed E-state index contributed by atoms with van der Waals surface area (Å²) in [6.45, 7) is 7.53. The van der Waals surface area contributed by atoms with Crippen molar-refractivity contribution in [1.82, 2.24) is 25.4 Å². The number of aliphatic imine (C=N–C) groups is 1. The zero-order chi connectivity index (χ0) is 33.2. The summed E-state index contributed by atoms with van der Waals surface area (Å²) in [7, 11) is 0. The lowest BCUT2D eigenvalue weighted by Crippen LogP contribution is -2.40. The van der Waals surface area contributed by atoms with Crippen LogP contribution in [0.1, 0.15) is 55.1 Å². The van der Waals surface area contributed by atoms with Gasteiger partial charge in [0.05, 0.1) is 22.7 Å². The van der Waals surface area contributed by atoms with Crippen molar-refractivity contribution in [2.45, 2.75) is 46.0 Å². The Bertz CT molecular complexity index is 1800. The van der Waals surface area contributed by atoms with Crippen LogP contribution in [0.25, 0.3) is 17.1 Å². The number of hydrogen-bond donors (Lipinski definition) is 2. The SMILES string of the molecule is CC(=O)NC(NC(=S)/N=C1\SCC(=O)N1c1ccc(C)cc1C(C)C)c1ccc(-c2ncn(-c3ccc(C(F)(F)F)cc3)n2)cc1. The van der Waals surface area contributed by atoms with Crippen LogP contribution in [0.4, 0.5) is 18.9 Å². The Morgan fingerprint density at radius 1 is 1.04 bits per heavy atom. The van der Waals surface area contributed by atoms with Crippen molar-refractivity contribution in [3.8, 4) is 17.1 Å². The summed E-state index contributed by atoms with van der Waals surface area (Å²) in [5, 5.41) is 10.8. The van der Waals surface area contributed by atoms with E-state index in [-0.39, 0.29) is 28.6 Å². The zero-order valence-corrected chi connectivity index (χ0v) is 26.9. The first kappa shape index (κ1) is 32.8. The van der Waals surface area contributed by atoms with Gasteiger partial charge in [0.2, 0.25) is 11.8 Å². The third-order valence-corrected chi connectivity index (χ3v) is 8.21. The lowest BCUT2D eigenvalue weighted by molar-refractivity contribution is -0.137. The number of aromatic nitrogens is 3. The highest BCUT2D eigenvalue weighted by Gasteiger charge is 2.32. The number of benzene rings is 3. The summed E-state index contributed by atoms with van der Waals surface area (Å²) in [6.07, 6.45) is -3.74. The molecule has 0 spiro atoms. The van der Waals surface area contributed by atoms with Gasteiger partial charge in [0.15, 0.2) is 16.1 Å². The third kappa shape index (κ3) is 7.45. The van der Waals surface area contributed by atoms with Crippen LogP contribution in [-0.4, -0.2) is 42.6 Å². The minimum absolute atomic E-state index is 0.0835. The lowest BCUT2D eigenvalue weighted by atomic mass is 9.98. The van der Waals surface area contributed by atoms with E-state index in [0.29, 0.717) is 27.8 Å². The number of nitrogens with zero attached hydrogens (tertiary/aromatic N) is 5. The zero-order valence-electron chi connectivity index (χ0n) is 25.3. The van der Waals surface area contributed by atoms with E-state index < -0.39 is 17.9 Å². The molecule has 9 nitrogen and oxygen atoms in total. The maximum absolute atomic E-state index is 12.9. The number of nitrogens with one attached hydrogen (secondary N) is 2. The highest BCUT2D eigenvalue weighted by atomic mass is 32.2. The molecule has 1 fully saturated rings. The third-order valence-electron chi connectivity index (χ3n) is 7.08. The molecule has 0 aliphatic carbocycles. The Morgan fingerprint density at radius 3 is 2.37 bits per heavy atom. The molecule has 1 aliphatic heterocycles. The van der Waals surface area contributed by atoms with Gasteiger partial charge >= 0.3 is 6.18 Å². The second kappa shape index (κ2) is 13.4. The molecule has 3 aromatic carbocycles. The summed E-state index contributed by atoms with van der Waals surface area (Å²) in [4.78, 5) is 35.5. The molecule has 4 aromatic rings. The molecule has 1 aromatic heterocycles. The Morgan fingerprint density at radius 2 is 1.74 bits per heavy atom. The number of anilines is 1. The smallest absolute Gasteiger partial charge is 0.337 e. The Balaban J connectivity index is 1.33. The van der Waals surface area contributed by atoms with Gasteiger partial charge in [-0.3, -0.25) is 14.5 Å². The molecular formula is C32H30F3N7O2S2. The molecule has 0 radical (unpaired) electrons. The maximum Gasteiger partial charge on any atom is 0.416 e. The van der Waals surface area contributed by atoms with Crippen molar-refractivity contribution in [3.05, 3.63) is 95.3 Å². The number of aryl methyl sites for hydroxylation is 1. The quantitative estimate of drug-likeness (QED) is 0.171. The van der Waals surface area contributed by atoms with E-state index in [0.717, 1.165) is 28.9 Å². The van der Waals surface area contributed by atoms with E-state index in [1.165, 1.54) is 41.8 Å². The van der Waals surface area contributed by atoms with Gasteiger partial charge in [-0.1, -0.05) is 67.6 Å². The minimum Gasteiger partial charge on any atom is -0.337 e. The summed E-state index contributed by atoms with van der Waals surface area (Å²) < 4.78 is 40.1. The minimum atomic E-state index is -4.43. The summed E-state index contributed by atoms with van der Waals surface area (Å²) in [5.41, 5.74) is 3.87. The summed E-state index contributed by atoms with van der Waals surface area (Å²) in [5.74, 6) is 0.368. The van der Waals surface area contributed by atoms with E-state index in [1.807, 2.05) is 19.1 Å². The number of carbonyl (C=O) groups is 2. The average molecular weight is 666 g/mol. The highest BCUT2D eigenvalue weighted by molar-refractivity contribution is 8.15. The van der Waals surface area contributed by atoms with Gasteiger partial charge < -0.3 is 10.6 Å². The predicted molar refractivity (Wildman–Crippen MR) is 177 cm³/mol. The van der Waals surface area contributed by atoms with Gasteiger partial charge in [0, 0.05) is 12.5 Å². The van der Waals surface area contributed by atoms with Crippen LogP contribution in [0.5, 0.6) is 0 Å². The number of rotatable bonds is 7. The largest absolute Gasteiger partial charge is 0.416 e. The van der Waals surface area contributed by atoms with Crippen molar-refractivity contribution < 1.29 is 22.8 Å². The van der Waals surface area contributed by atoms with Crippen LogP contribution >= 0.6 is 24.0 Å². The standard InChI is InChI=1S/C32H30F3N7O2S2/c1-18(2)25-15-19(3)5-14-26(25)42-27(44)16-46-31(42)39-30(45)38-29(37-20(4)43)22-8-6-21(7-9-22)28-36-17-41(40-28)24-12-10-23(11-13-24)32(33,34)35/h5-15,17-18,29H,16H2,1-4H3,(H,37,43)(H,38,45)/b39-31-. The fourth-order valence-electron chi connectivity index (χ4n) is 4.82. The maximum atomic E-state index is 12.9. The van der Waals surface area contributed by atoms with Gasteiger partial charge in [-0.25, -0.2) is 9.67 Å². The van der Waals surface area contributed by atoms with Crippen molar-refractivity contribution in [1.29, 1.82) is 0 Å². The number of alkyl halides is 3. The second-order valence-corrected chi connectivity index (χ2v) is 12.2. The Labute approximate surface area is 273 Å².